The molecule has 4 rings (SSSR count). The highest BCUT2D eigenvalue weighted by Crippen LogP contribution is 2.36. The Morgan fingerprint density at radius 2 is 2.09 bits per heavy atom. The first-order chi connectivity index (χ1) is 10.8. The van der Waals surface area contributed by atoms with E-state index in [-0.39, 0.29) is 5.91 Å². The summed E-state index contributed by atoms with van der Waals surface area (Å²) in [6.07, 6.45) is 7.62. The highest BCUT2D eigenvalue weighted by atomic mass is 16.5. The topological polar surface area (TPSA) is 45.7 Å². The number of fused-ring (bicyclic) bond motifs is 1. The van der Waals surface area contributed by atoms with E-state index in [1.165, 1.54) is 0 Å². The molecule has 0 unspecified atom stereocenters. The molecule has 0 radical (unpaired) electrons. The van der Waals surface area contributed by atoms with Crippen LogP contribution in [0.2, 0.25) is 0 Å². The quantitative estimate of drug-likeness (QED) is 0.852. The maximum absolute atomic E-state index is 12.5. The van der Waals surface area contributed by atoms with Crippen LogP contribution in [0, 0.1) is 5.92 Å². The maximum atomic E-state index is 12.5. The van der Waals surface area contributed by atoms with Crippen LogP contribution in [-0.4, -0.2) is 54.2 Å². The number of ether oxygens (including phenoxy) is 1. The van der Waals surface area contributed by atoms with Gasteiger partial charge in [-0.15, -0.1) is 0 Å². The van der Waals surface area contributed by atoms with Crippen LogP contribution in [0.4, 0.5) is 5.69 Å². The van der Waals surface area contributed by atoms with Crippen LogP contribution in [0.5, 0.6) is 0 Å². The first kappa shape index (κ1) is 14.2. The highest BCUT2D eigenvalue weighted by Gasteiger charge is 2.47. The molecule has 3 saturated heterocycles. The van der Waals surface area contributed by atoms with Gasteiger partial charge in [0.05, 0.1) is 17.9 Å². The zero-order valence-corrected chi connectivity index (χ0v) is 12.9. The monoisotopic (exact) mass is 301 g/mol. The number of rotatable bonds is 3. The molecule has 118 valence electrons. The Hall–Kier alpha value is -1.46. The average molecular weight is 301 g/mol. The van der Waals surface area contributed by atoms with E-state index in [9.17, 15) is 4.79 Å². The van der Waals surface area contributed by atoms with Crippen molar-refractivity contribution in [3.8, 4) is 0 Å². The van der Waals surface area contributed by atoms with Crippen molar-refractivity contribution in [2.24, 2.45) is 5.92 Å². The van der Waals surface area contributed by atoms with Gasteiger partial charge in [0.15, 0.2) is 0 Å². The molecule has 0 aromatic carbocycles. The molecule has 4 heterocycles. The molecule has 1 aromatic heterocycles. The number of hydrogen-bond donors (Lipinski definition) is 0. The number of carbonyl (C=O) groups excluding carboxylic acids is 1. The molecule has 3 aliphatic heterocycles. The minimum atomic E-state index is 0.250. The lowest BCUT2D eigenvalue weighted by Crippen LogP contribution is -2.39. The van der Waals surface area contributed by atoms with E-state index < -0.39 is 0 Å². The fourth-order valence-corrected chi connectivity index (χ4v) is 4.25. The number of aromatic nitrogens is 1. The van der Waals surface area contributed by atoms with E-state index in [4.69, 9.17) is 4.74 Å². The van der Waals surface area contributed by atoms with E-state index in [1.807, 2.05) is 17.0 Å². The van der Waals surface area contributed by atoms with Crippen molar-refractivity contribution in [2.75, 3.05) is 31.2 Å². The third kappa shape index (κ3) is 2.52. The van der Waals surface area contributed by atoms with E-state index in [1.54, 1.807) is 12.4 Å². The summed E-state index contributed by atoms with van der Waals surface area (Å²) in [6.45, 7) is 4.02. The lowest BCUT2D eigenvalue weighted by molar-refractivity contribution is -0.117. The molecule has 3 fully saturated rings. The Bertz CT molecular complexity index is 530. The molecule has 3 aliphatic rings. The second-order valence-corrected chi connectivity index (χ2v) is 6.65. The van der Waals surface area contributed by atoms with E-state index in [2.05, 4.69) is 9.88 Å². The molecular formula is C17H23N3O2. The van der Waals surface area contributed by atoms with Crippen molar-refractivity contribution in [2.45, 2.75) is 37.8 Å². The van der Waals surface area contributed by atoms with Gasteiger partial charge in [-0.1, -0.05) is 0 Å². The zero-order valence-electron chi connectivity index (χ0n) is 12.9. The van der Waals surface area contributed by atoms with Gasteiger partial charge in [-0.05, 0) is 37.3 Å². The van der Waals surface area contributed by atoms with E-state index in [0.29, 0.717) is 18.5 Å². The van der Waals surface area contributed by atoms with Crippen molar-refractivity contribution >= 4 is 11.6 Å². The Morgan fingerprint density at radius 1 is 1.23 bits per heavy atom. The van der Waals surface area contributed by atoms with Gasteiger partial charge in [-0.3, -0.25) is 14.7 Å². The Balaban J connectivity index is 1.47. The molecule has 1 aromatic rings. The number of anilines is 1. The Kier molecular flexibility index (Phi) is 3.84. The molecule has 0 spiro atoms. The molecule has 5 nitrogen and oxygen atoms in total. The van der Waals surface area contributed by atoms with Gasteiger partial charge in [0, 0.05) is 45.0 Å². The van der Waals surface area contributed by atoms with Crippen molar-refractivity contribution in [3.63, 3.8) is 0 Å². The first-order valence-corrected chi connectivity index (χ1v) is 8.37. The number of amides is 1. The van der Waals surface area contributed by atoms with Crippen LogP contribution < -0.4 is 4.90 Å². The Labute approximate surface area is 131 Å². The maximum Gasteiger partial charge on any atom is 0.229 e. The average Bonchev–Trinajstić information content (AvgIpc) is 3.08. The smallest absolute Gasteiger partial charge is 0.229 e. The summed E-state index contributed by atoms with van der Waals surface area (Å²) >= 11 is 0. The van der Waals surface area contributed by atoms with Gasteiger partial charge >= 0.3 is 0 Å². The first-order valence-electron chi connectivity index (χ1n) is 8.37. The largest absolute Gasteiger partial charge is 0.381 e. The standard InChI is InChI=1S/C17H23N3O2/c21-17-10-16-15(20(17)14-2-1-6-18-11-14)3-7-19(16)12-13-4-8-22-9-5-13/h1-2,6,11,13,15-16H,3-5,7-10,12H2/t15-,16+/m0/s1. The summed E-state index contributed by atoms with van der Waals surface area (Å²) in [7, 11) is 0. The summed E-state index contributed by atoms with van der Waals surface area (Å²) < 4.78 is 5.45. The number of hydrogen-bond acceptors (Lipinski definition) is 4. The summed E-state index contributed by atoms with van der Waals surface area (Å²) in [4.78, 5) is 21.2. The molecule has 1 amide bonds. The molecule has 0 saturated carbocycles. The normalized spacial score (nSPS) is 30.0. The van der Waals surface area contributed by atoms with Gasteiger partial charge in [0.2, 0.25) is 5.91 Å². The van der Waals surface area contributed by atoms with Gasteiger partial charge in [-0.25, -0.2) is 0 Å². The fraction of sp³-hybridized carbons (Fsp3) is 0.647. The van der Waals surface area contributed by atoms with Crippen LogP contribution in [-0.2, 0) is 9.53 Å². The van der Waals surface area contributed by atoms with Gasteiger partial charge in [0.25, 0.3) is 0 Å². The third-order valence-electron chi connectivity index (χ3n) is 5.37. The van der Waals surface area contributed by atoms with Crippen LogP contribution in [0.25, 0.3) is 0 Å². The molecule has 5 heteroatoms. The second kappa shape index (κ2) is 5.97. The van der Waals surface area contributed by atoms with Gasteiger partial charge in [-0.2, -0.15) is 0 Å². The predicted molar refractivity (Wildman–Crippen MR) is 83.6 cm³/mol. The van der Waals surface area contributed by atoms with Crippen LogP contribution >= 0.6 is 0 Å². The molecule has 0 N–H and O–H groups in total. The summed E-state index contributed by atoms with van der Waals surface area (Å²) in [5, 5.41) is 0. The lowest BCUT2D eigenvalue weighted by Gasteiger charge is -2.30. The zero-order chi connectivity index (χ0) is 14.9. The Morgan fingerprint density at radius 3 is 2.86 bits per heavy atom. The van der Waals surface area contributed by atoms with E-state index in [0.717, 1.165) is 57.2 Å². The second-order valence-electron chi connectivity index (χ2n) is 6.65. The predicted octanol–water partition coefficient (Wildman–Crippen LogP) is 1.69. The van der Waals surface area contributed by atoms with Crippen molar-refractivity contribution in [1.29, 1.82) is 0 Å². The number of nitrogens with zero attached hydrogens (tertiary/aromatic N) is 3. The van der Waals surface area contributed by atoms with Crippen LogP contribution in [0.3, 0.4) is 0 Å². The SMILES string of the molecule is O=C1C[C@@H]2[C@H](CCN2CC2CCOCC2)N1c1cccnc1. The van der Waals surface area contributed by atoms with Crippen LogP contribution in [0.1, 0.15) is 25.7 Å². The minimum Gasteiger partial charge on any atom is -0.381 e. The summed E-state index contributed by atoms with van der Waals surface area (Å²) in [6, 6.07) is 4.62. The minimum absolute atomic E-state index is 0.250. The number of pyridine rings is 1. The van der Waals surface area contributed by atoms with Crippen LogP contribution in [0.15, 0.2) is 24.5 Å². The molecule has 22 heavy (non-hydrogen) atoms. The van der Waals surface area contributed by atoms with Gasteiger partial charge < -0.3 is 9.64 Å². The third-order valence-corrected chi connectivity index (χ3v) is 5.37. The number of carbonyl (C=O) groups is 1. The van der Waals surface area contributed by atoms with Gasteiger partial charge in [0.1, 0.15) is 0 Å². The van der Waals surface area contributed by atoms with Crippen molar-refractivity contribution in [1.82, 2.24) is 9.88 Å². The lowest BCUT2D eigenvalue weighted by atomic mass is 9.99. The summed E-state index contributed by atoms with van der Waals surface area (Å²) in [5.41, 5.74) is 0.952. The van der Waals surface area contributed by atoms with Crippen molar-refractivity contribution < 1.29 is 9.53 Å². The van der Waals surface area contributed by atoms with Crippen molar-refractivity contribution in [3.05, 3.63) is 24.5 Å². The van der Waals surface area contributed by atoms with E-state index >= 15 is 0 Å². The summed E-state index contributed by atoms with van der Waals surface area (Å²) in [5.74, 6) is 0.981. The fourth-order valence-electron chi connectivity index (χ4n) is 4.25. The number of likely N-dealkylation sites (tertiary alicyclic amines) is 1. The molecule has 0 bridgehead atoms. The molecule has 0 aliphatic carbocycles. The molecular weight excluding hydrogens is 278 g/mol. The molecule has 2 atom stereocenters. The highest BCUT2D eigenvalue weighted by molar-refractivity contribution is 5.97.